The number of hydrogen-bond donors (Lipinski definition) is 0. The molecule has 1 aliphatic carbocycles. The van der Waals surface area contributed by atoms with E-state index in [1.165, 1.54) is 31.9 Å². The molecule has 0 heterocycles. The lowest BCUT2D eigenvalue weighted by Crippen LogP contribution is -2.74. The predicted molar refractivity (Wildman–Crippen MR) is 257 cm³/mol. The van der Waals surface area contributed by atoms with Gasteiger partial charge in [0.1, 0.15) is 0 Å². The summed E-state index contributed by atoms with van der Waals surface area (Å²) in [4.78, 5) is 0. The molecule has 0 atom stereocenters. The minimum atomic E-state index is -2.82. The van der Waals surface area contributed by atoms with Gasteiger partial charge in [-0.3, -0.25) is 0 Å². The van der Waals surface area contributed by atoms with Gasteiger partial charge < -0.3 is 0 Å². The molecule has 0 saturated heterocycles. The summed E-state index contributed by atoms with van der Waals surface area (Å²) in [6.07, 6.45) is 2.05. The Balaban J connectivity index is 1.33. The third-order valence-corrected chi connectivity index (χ3v) is 18.0. The van der Waals surface area contributed by atoms with Gasteiger partial charge in [0, 0.05) is 0 Å². The zero-order valence-electron chi connectivity index (χ0n) is 38.2. The summed E-state index contributed by atoms with van der Waals surface area (Å²) in [7, 11) is -2.82. The van der Waals surface area contributed by atoms with E-state index in [4.69, 9.17) is 1.37 Å². The third-order valence-electron chi connectivity index (χ3n) is 13.2. The summed E-state index contributed by atoms with van der Waals surface area (Å²) < 4.78 is 38.0. The van der Waals surface area contributed by atoms with E-state index in [0.717, 1.165) is 57.0 Å². The highest BCUT2D eigenvalue weighted by atomic mass is 28.3. The Hall–Kier alpha value is -6.28. The molecule has 0 bridgehead atoms. The van der Waals surface area contributed by atoms with E-state index >= 15 is 0 Å². The van der Waals surface area contributed by atoms with Gasteiger partial charge in [-0.2, -0.15) is 0 Å². The maximum absolute atomic E-state index is 9.86. The standard InChI is InChI=1S/C58H50Si/c1-57(2)39-40-58(3,4)56-52(57)38-37-47(41-21-9-5-10-22-41)55(56)54-50-31-19-17-29-48(50)53(49-30-18-20-32-51(49)54)42-33-35-46(36-34-42)59(43-23-11-6-12-24-43,44-25-13-7-14-26-44)45-27-15-8-16-28-45/h5-38H,39-40H2,1-4H3/i17D,19D,29D,31D. The Labute approximate surface area is 356 Å². The molecule has 1 aliphatic rings. The first-order chi connectivity index (χ1) is 30.4. The molecule has 9 aromatic rings. The SMILES string of the molecule is [2H]c1c([2H])c([2H])c2c(-c3c(-c4ccccc4)ccc4c3C(C)(C)CCC4(C)C)c3ccccc3c(-c3ccc([Si](c4ccccc4)(c4ccccc4)c4ccccc4)cc3)c2c1[2H]. The quantitative estimate of drug-likeness (QED) is 0.0859. The van der Waals surface area contributed by atoms with Crippen LogP contribution in [0.3, 0.4) is 0 Å². The number of hydrogen-bond acceptors (Lipinski definition) is 0. The molecule has 1 heteroatoms. The van der Waals surface area contributed by atoms with Crippen molar-refractivity contribution in [1.82, 2.24) is 0 Å². The minimum absolute atomic E-state index is 0.0160. The molecule has 9 aromatic carbocycles. The lowest BCUT2D eigenvalue weighted by molar-refractivity contribution is 0.333. The maximum atomic E-state index is 9.86. The predicted octanol–water partition coefficient (Wildman–Crippen LogP) is 12.7. The van der Waals surface area contributed by atoms with Crippen molar-refractivity contribution in [3.63, 3.8) is 0 Å². The highest BCUT2D eigenvalue weighted by Gasteiger charge is 2.42. The summed E-state index contributed by atoms with van der Waals surface area (Å²) in [6.45, 7) is 9.37. The monoisotopic (exact) mass is 778 g/mol. The van der Waals surface area contributed by atoms with Crippen LogP contribution in [-0.2, 0) is 10.8 Å². The van der Waals surface area contributed by atoms with Crippen LogP contribution in [0.15, 0.2) is 206 Å². The van der Waals surface area contributed by atoms with Crippen molar-refractivity contribution in [2.75, 3.05) is 0 Å². The van der Waals surface area contributed by atoms with Gasteiger partial charge in [-0.1, -0.05) is 234 Å². The van der Waals surface area contributed by atoms with Crippen molar-refractivity contribution in [2.24, 2.45) is 0 Å². The first-order valence-corrected chi connectivity index (χ1v) is 22.9. The van der Waals surface area contributed by atoms with Gasteiger partial charge >= 0.3 is 0 Å². The molecular weight excluding hydrogens is 725 g/mol. The zero-order valence-corrected chi connectivity index (χ0v) is 35.2. The maximum Gasteiger partial charge on any atom is 0.179 e. The fraction of sp³-hybridized carbons (Fsp3) is 0.138. The van der Waals surface area contributed by atoms with Gasteiger partial charge in [-0.05, 0) is 110 Å². The van der Waals surface area contributed by atoms with Crippen molar-refractivity contribution < 1.29 is 5.48 Å². The highest BCUT2D eigenvalue weighted by molar-refractivity contribution is 7.19. The summed E-state index contributed by atoms with van der Waals surface area (Å²) in [6, 6.07) is 64.7. The van der Waals surface area contributed by atoms with Gasteiger partial charge in [0.25, 0.3) is 0 Å². The van der Waals surface area contributed by atoms with E-state index in [-0.39, 0.29) is 35.0 Å². The van der Waals surface area contributed by atoms with E-state index in [0.29, 0.717) is 10.8 Å². The van der Waals surface area contributed by atoms with Crippen molar-refractivity contribution in [2.45, 2.75) is 51.4 Å². The van der Waals surface area contributed by atoms with Crippen molar-refractivity contribution in [1.29, 1.82) is 0 Å². The lowest BCUT2D eigenvalue weighted by atomic mass is 9.60. The van der Waals surface area contributed by atoms with Crippen LogP contribution < -0.4 is 20.7 Å². The molecule has 0 spiro atoms. The third kappa shape index (κ3) is 6.02. The van der Waals surface area contributed by atoms with Crippen molar-refractivity contribution >= 4 is 50.4 Å². The molecule has 0 saturated carbocycles. The summed E-state index contributed by atoms with van der Waals surface area (Å²) in [5, 5.41) is 8.13. The molecule has 0 aromatic heterocycles. The van der Waals surface area contributed by atoms with Crippen LogP contribution in [0.2, 0.25) is 0 Å². The average molecular weight is 779 g/mol. The second kappa shape index (κ2) is 14.5. The summed E-state index contributed by atoms with van der Waals surface area (Å²) >= 11 is 0. The second-order valence-corrected chi connectivity index (χ2v) is 21.3. The molecule has 0 amide bonds. The Morgan fingerprint density at radius 2 is 0.831 bits per heavy atom. The molecule has 10 rings (SSSR count). The summed E-state index contributed by atoms with van der Waals surface area (Å²) in [5.74, 6) is 0. The Morgan fingerprint density at radius 3 is 1.37 bits per heavy atom. The molecule has 0 aliphatic heterocycles. The first kappa shape index (κ1) is 32.6. The first-order valence-electron chi connectivity index (χ1n) is 22.9. The molecule has 0 nitrogen and oxygen atoms in total. The number of fused-ring (bicyclic) bond motifs is 3. The Bertz CT molecular complexity index is 3080. The van der Waals surface area contributed by atoms with Crippen LogP contribution in [0.25, 0.3) is 54.9 Å². The number of benzene rings is 9. The highest BCUT2D eigenvalue weighted by Crippen LogP contribution is 2.55. The van der Waals surface area contributed by atoms with Crippen LogP contribution in [0.1, 0.15) is 57.1 Å². The lowest BCUT2D eigenvalue weighted by Gasteiger charge is -2.44. The molecule has 0 radical (unpaired) electrons. The van der Waals surface area contributed by atoms with E-state index in [2.05, 4.69) is 204 Å². The van der Waals surface area contributed by atoms with Crippen LogP contribution in [0, 0.1) is 0 Å². The summed E-state index contributed by atoms with van der Waals surface area (Å²) in [5.41, 5.74) is 8.09. The van der Waals surface area contributed by atoms with Crippen LogP contribution in [-0.4, -0.2) is 8.07 Å². The molecule has 59 heavy (non-hydrogen) atoms. The van der Waals surface area contributed by atoms with E-state index < -0.39 is 8.07 Å². The van der Waals surface area contributed by atoms with Crippen LogP contribution in [0.4, 0.5) is 0 Å². The van der Waals surface area contributed by atoms with Gasteiger partial charge in [-0.15, -0.1) is 0 Å². The van der Waals surface area contributed by atoms with E-state index in [1.54, 1.807) is 0 Å². The van der Waals surface area contributed by atoms with E-state index in [9.17, 15) is 4.11 Å². The van der Waals surface area contributed by atoms with Gasteiger partial charge in [-0.25, -0.2) is 0 Å². The van der Waals surface area contributed by atoms with Crippen molar-refractivity contribution in [3.05, 3.63) is 217 Å². The average Bonchev–Trinajstić information content (AvgIpc) is 3.32. The Kier molecular flexibility index (Phi) is 8.03. The van der Waals surface area contributed by atoms with Crippen LogP contribution in [0.5, 0.6) is 0 Å². The van der Waals surface area contributed by atoms with Crippen molar-refractivity contribution in [3.8, 4) is 33.4 Å². The fourth-order valence-electron chi connectivity index (χ4n) is 10.3. The molecule has 286 valence electrons. The Morgan fingerprint density at radius 1 is 0.390 bits per heavy atom. The topological polar surface area (TPSA) is 0 Å². The number of rotatable bonds is 7. The fourth-order valence-corrected chi connectivity index (χ4v) is 15.0. The van der Waals surface area contributed by atoms with Crippen LogP contribution >= 0.6 is 0 Å². The molecule has 0 fully saturated rings. The smallest absolute Gasteiger partial charge is 0.0623 e. The molecular formula is C58H50Si. The normalized spacial score (nSPS) is 15.5. The molecule has 0 unspecified atom stereocenters. The second-order valence-electron chi connectivity index (χ2n) is 17.5. The zero-order chi connectivity index (χ0) is 43.7. The van der Waals surface area contributed by atoms with Gasteiger partial charge in [0.2, 0.25) is 0 Å². The largest absolute Gasteiger partial charge is 0.179 e. The van der Waals surface area contributed by atoms with Gasteiger partial charge in [0.05, 0.1) is 5.48 Å². The minimum Gasteiger partial charge on any atom is -0.0623 e. The van der Waals surface area contributed by atoms with E-state index in [1.807, 2.05) is 6.07 Å². The molecule has 0 N–H and O–H groups in total. The van der Waals surface area contributed by atoms with Gasteiger partial charge in [0.15, 0.2) is 8.07 Å².